The number of carbonyl (C=O) groups excluding carboxylic acids is 1. The number of hydrazone groups is 1. The van der Waals surface area contributed by atoms with Crippen LogP contribution >= 0.6 is 22.6 Å². The second-order valence-corrected chi connectivity index (χ2v) is 6.92. The summed E-state index contributed by atoms with van der Waals surface area (Å²) in [5.74, 6) is 1.55. The highest BCUT2D eigenvalue weighted by Gasteiger charge is 2.13. The van der Waals surface area contributed by atoms with Gasteiger partial charge in [-0.1, -0.05) is 0 Å². The van der Waals surface area contributed by atoms with Crippen molar-refractivity contribution >= 4 is 45.7 Å². The van der Waals surface area contributed by atoms with E-state index in [1.807, 2.05) is 25.1 Å². The van der Waals surface area contributed by atoms with E-state index in [2.05, 4.69) is 33.1 Å². The maximum absolute atomic E-state index is 12.4. The molecule has 0 spiro atoms. The van der Waals surface area contributed by atoms with Crippen LogP contribution in [0.1, 0.15) is 23.0 Å². The summed E-state index contributed by atoms with van der Waals surface area (Å²) < 4.78 is 22.7. The van der Waals surface area contributed by atoms with Crippen molar-refractivity contribution in [3.8, 4) is 17.2 Å². The monoisotopic (exact) mass is 494 g/mol. The third-order valence-electron chi connectivity index (χ3n) is 3.86. The smallest absolute Gasteiger partial charge is 0.307 e. The molecule has 0 fully saturated rings. The first-order chi connectivity index (χ1) is 13.5. The third kappa shape index (κ3) is 4.38. The quantitative estimate of drug-likeness (QED) is 0.302. The molecular formula is C20H19IN2O5. The Morgan fingerprint density at radius 3 is 2.75 bits per heavy atom. The SMILES string of the molecule is CCOc1ccc2oc(C(=O)N/N=C/c3cc(I)cc(OC)c3OC)cc2c1. The van der Waals surface area contributed by atoms with E-state index in [0.717, 1.165) is 14.7 Å². The van der Waals surface area contributed by atoms with Crippen LogP contribution in [0.5, 0.6) is 17.2 Å². The van der Waals surface area contributed by atoms with Crippen LogP contribution in [0.3, 0.4) is 0 Å². The number of nitrogens with zero attached hydrogens (tertiary/aromatic N) is 1. The molecule has 1 heterocycles. The molecule has 1 N–H and O–H groups in total. The number of fused-ring (bicyclic) bond motifs is 1. The van der Waals surface area contributed by atoms with Crippen LogP contribution in [0.15, 0.2) is 45.9 Å². The van der Waals surface area contributed by atoms with Gasteiger partial charge < -0.3 is 18.6 Å². The second kappa shape index (κ2) is 8.96. The summed E-state index contributed by atoms with van der Waals surface area (Å²) in [4.78, 5) is 12.4. The standard InChI is InChI=1S/C20H19IN2O5/c1-4-27-15-5-6-16-12(8-15)9-18(28-16)20(24)23-22-11-13-7-14(21)10-17(25-2)19(13)26-3/h5-11H,4H2,1-3H3,(H,23,24)/b22-11+. The van der Waals surface area contributed by atoms with Gasteiger partial charge in [0.1, 0.15) is 11.3 Å². The summed E-state index contributed by atoms with van der Waals surface area (Å²) in [7, 11) is 3.11. The predicted molar refractivity (Wildman–Crippen MR) is 115 cm³/mol. The van der Waals surface area contributed by atoms with Crippen molar-refractivity contribution in [3.05, 3.63) is 51.3 Å². The fourth-order valence-electron chi connectivity index (χ4n) is 2.66. The van der Waals surface area contributed by atoms with E-state index in [4.69, 9.17) is 18.6 Å². The van der Waals surface area contributed by atoms with E-state index in [9.17, 15) is 4.79 Å². The van der Waals surface area contributed by atoms with E-state index in [1.54, 1.807) is 32.4 Å². The number of halogens is 1. The number of nitrogens with one attached hydrogen (secondary N) is 1. The van der Waals surface area contributed by atoms with Gasteiger partial charge in [0, 0.05) is 14.5 Å². The highest BCUT2D eigenvalue weighted by Crippen LogP contribution is 2.32. The topological polar surface area (TPSA) is 82.3 Å². The first-order valence-corrected chi connectivity index (χ1v) is 9.55. The van der Waals surface area contributed by atoms with Gasteiger partial charge in [-0.15, -0.1) is 0 Å². The van der Waals surface area contributed by atoms with Gasteiger partial charge in [0.25, 0.3) is 0 Å². The normalized spacial score (nSPS) is 11.0. The molecule has 0 saturated carbocycles. The molecule has 7 nitrogen and oxygen atoms in total. The largest absolute Gasteiger partial charge is 0.494 e. The van der Waals surface area contributed by atoms with Crippen LogP contribution in [0.2, 0.25) is 0 Å². The molecule has 1 amide bonds. The maximum Gasteiger partial charge on any atom is 0.307 e. The van der Waals surface area contributed by atoms with Crippen molar-refractivity contribution < 1.29 is 23.4 Å². The maximum atomic E-state index is 12.4. The van der Waals surface area contributed by atoms with Gasteiger partial charge >= 0.3 is 5.91 Å². The highest BCUT2D eigenvalue weighted by molar-refractivity contribution is 14.1. The first kappa shape index (κ1) is 20.0. The Bertz CT molecular complexity index is 1030. The lowest BCUT2D eigenvalue weighted by Gasteiger charge is -2.10. The van der Waals surface area contributed by atoms with Gasteiger partial charge in [-0.2, -0.15) is 5.10 Å². The molecule has 2 aromatic carbocycles. The number of ether oxygens (including phenoxy) is 3. The molecule has 0 radical (unpaired) electrons. The summed E-state index contributed by atoms with van der Waals surface area (Å²) in [6.45, 7) is 2.48. The number of hydrogen-bond acceptors (Lipinski definition) is 6. The van der Waals surface area contributed by atoms with Crippen LogP contribution in [0, 0.1) is 3.57 Å². The minimum atomic E-state index is -0.457. The number of methoxy groups -OCH3 is 2. The Morgan fingerprint density at radius 2 is 2.04 bits per heavy atom. The van der Waals surface area contributed by atoms with Crippen molar-refractivity contribution in [2.75, 3.05) is 20.8 Å². The lowest BCUT2D eigenvalue weighted by atomic mass is 10.2. The Kier molecular flexibility index (Phi) is 6.40. The zero-order chi connectivity index (χ0) is 20.1. The zero-order valence-electron chi connectivity index (χ0n) is 15.6. The molecule has 0 bridgehead atoms. The van der Waals surface area contributed by atoms with Gasteiger partial charge in [0.2, 0.25) is 0 Å². The van der Waals surface area contributed by atoms with Gasteiger partial charge in [0.15, 0.2) is 17.3 Å². The third-order valence-corrected chi connectivity index (χ3v) is 4.49. The number of benzene rings is 2. The van der Waals surface area contributed by atoms with Gasteiger partial charge in [-0.05, 0) is 65.9 Å². The molecule has 8 heteroatoms. The Morgan fingerprint density at radius 1 is 1.21 bits per heavy atom. The van der Waals surface area contributed by atoms with E-state index in [0.29, 0.717) is 29.3 Å². The molecule has 0 unspecified atom stereocenters. The van der Waals surface area contributed by atoms with Gasteiger partial charge in [-0.3, -0.25) is 4.79 Å². The van der Waals surface area contributed by atoms with Crippen molar-refractivity contribution in [2.24, 2.45) is 5.10 Å². The molecule has 3 rings (SSSR count). The van der Waals surface area contributed by atoms with Crippen molar-refractivity contribution in [1.29, 1.82) is 0 Å². The van der Waals surface area contributed by atoms with Crippen LogP contribution in [0.25, 0.3) is 11.0 Å². The Labute approximate surface area is 175 Å². The van der Waals surface area contributed by atoms with Gasteiger partial charge in [-0.25, -0.2) is 5.43 Å². The van der Waals surface area contributed by atoms with Gasteiger partial charge in [0.05, 0.1) is 27.0 Å². The van der Waals surface area contributed by atoms with Crippen molar-refractivity contribution in [2.45, 2.75) is 6.92 Å². The van der Waals surface area contributed by atoms with E-state index < -0.39 is 5.91 Å². The van der Waals surface area contributed by atoms with Crippen molar-refractivity contribution in [3.63, 3.8) is 0 Å². The van der Waals surface area contributed by atoms with Crippen LogP contribution < -0.4 is 19.6 Å². The highest BCUT2D eigenvalue weighted by atomic mass is 127. The summed E-state index contributed by atoms with van der Waals surface area (Å²) in [6, 6.07) is 10.8. The lowest BCUT2D eigenvalue weighted by Crippen LogP contribution is -2.16. The van der Waals surface area contributed by atoms with Crippen LogP contribution in [-0.2, 0) is 0 Å². The molecule has 0 saturated heterocycles. The molecule has 3 aromatic rings. The number of furan rings is 1. The number of hydrogen-bond donors (Lipinski definition) is 1. The summed E-state index contributed by atoms with van der Waals surface area (Å²) >= 11 is 2.17. The number of amides is 1. The van der Waals surface area contributed by atoms with Crippen LogP contribution in [0.4, 0.5) is 0 Å². The number of carbonyl (C=O) groups is 1. The summed E-state index contributed by atoms with van der Waals surface area (Å²) in [5, 5.41) is 4.79. The summed E-state index contributed by atoms with van der Waals surface area (Å²) in [6.07, 6.45) is 1.50. The Balaban J connectivity index is 1.77. The fourth-order valence-corrected chi connectivity index (χ4v) is 3.28. The minimum Gasteiger partial charge on any atom is -0.494 e. The lowest BCUT2D eigenvalue weighted by molar-refractivity contribution is 0.0929. The average molecular weight is 494 g/mol. The van der Waals surface area contributed by atoms with E-state index in [-0.39, 0.29) is 5.76 Å². The molecule has 0 aliphatic heterocycles. The first-order valence-electron chi connectivity index (χ1n) is 8.47. The molecule has 146 valence electrons. The van der Waals surface area contributed by atoms with Crippen LogP contribution in [-0.4, -0.2) is 32.9 Å². The fraction of sp³-hybridized carbons (Fsp3) is 0.200. The molecule has 0 aliphatic rings. The van der Waals surface area contributed by atoms with E-state index in [1.165, 1.54) is 6.21 Å². The second-order valence-electron chi connectivity index (χ2n) is 5.67. The number of rotatable bonds is 7. The molecule has 0 aliphatic carbocycles. The van der Waals surface area contributed by atoms with Crippen molar-refractivity contribution in [1.82, 2.24) is 5.43 Å². The minimum absolute atomic E-state index is 0.160. The average Bonchev–Trinajstić information content (AvgIpc) is 3.11. The predicted octanol–water partition coefficient (Wildman–Crippen LogP) is 4.22. The summed E-state index contributed by atoms with van der Waals surface area (Å²) in [5.41, 5.74) is 3.74. The zero-order valence-corrected chi connectivity index (χ0v) is 17.8. The van der Waals surface area contributed by atoms with E-state index >= 15 is 0 Å². The molecule has 0 atom stereocenters. The molecule has 1 aromatic heterocycles. The molecule has 28 heavy (non-hydrogen) atoms. The Hall–Kier alpha value is -2.75. The molecular weight excluding hydrogens is 475 g/mol.